The van der Waals surface area contributed by atoms with Gasteiger partial charge >= 0.3 is 35.8 Å². The van der Waals surface area contributed by atoms with E-state index in [0.717, 1.165) is 60.0 Å². The van der Waals surface area contributed by atoms with Crippen LogP contribution in [0.4, 0.5) is 0 Å². The molecule has 5 fully saturated rings. The maximum absolute atomic E-state index is 13.4. The Balaban J connectivity index is 1.23. The molecule has 1 aliphatic heterocycles. The third kappa shape index (κ3) is 8.14. The van der Waals surface area contributed by atoms with Crippen LogP contribution < -0.4 is 0 Å². The molecule has 1 saturated heterocycles. The Morgan fingerprint density at radius 2 is 1.29 bits per heavy atom. The van der Waals surface area contributed by atoms with Gasteiger partial charge in [0.15, 0.2) is 18.3 Å². The fourth-order valence-corrected chi connectivity index (χ4v) is 11.4. The van der Waals surface area contributed by atoms with Crippen molar-refractivity contribution in [2.45, 2.75) is 156 Å². The summed E-state index contributed by atoms with van der Waals surface area (Å²) in [6.45, 7) is 12.0. The second kappa shape index (κ2) is 16.0. The number of methoxy groups -OCH3 is 1. The molecular weight excluding hydrogens is 676 g/mol. The maximum atomic E-state index is 13.4. The summed E-state index contributed by atoms with van der Waals surface area (Å²) in [5.74, 6) is -0.950. The number of ether oxygens (including phenoxy) is 7. The van der Waals surface area contributed by atoms with Crippen molar-refractivity contribution in [1.29, 1.82) is 0 Å². The first-order chi connectivity index (χ1) is 24.5. The van der Waals surface area contributed by atoms with Gasteiger partial charge < -0.3 is 33.2 Å². The van der Waals surface area contributed by atoms with Gasteiger partial charge in [-0.3, -0.25) is 24.0 Å². The van der Waals surface area contributed by atoms with Gasteiger partial charge in [0.05, 0.1) is 7.11 Å². The van der Waals surface area contributed by atoms with E-state index in [-0.39, 0.29) is 35.2 Å². The average molecular weight is 735 g/mol. The molecule has 13 nitrogen and oxygen atoms in total. The van der Waals surface area contributed by atoms with Gasteiger partial charge in [-0.05, 0) is 111 Å². The molecule has 0 aromatic carbocycles. The smallest absolute Gasteiger partial charge is 0.339 e. The predicted molar refractivity (Wildman–Crippen MR) is 183 cm³/mol. The van der Waals surface area contributed by atoms with E-state index in [1.165, 1.54) is 32.6 Å². The number of esters is 6. The van der Waals surface area contributed by atoms with Crippen molar-refractivity contribution in [3.8, 4) is 0 Å². The molecule has 4 saturated carbocycles. The molecule has 0 unspecified atom stereocenters. The quantitative estimate of drug-likeness (QED) is 0.212. The molecule has 5 rings (SSSR count). The summed E-state index contributed by atoms with van der Waals surface area (Å²) in [5, 5.41) is 0. The van der Waals surface area contributed by atoms with Crippen molar-refractivity contribution in [2.24, 2.45) is 46.3 Å². The average Bonchev–Trinajstić information content (AvgIpc) is 3.42. The number of rotatable bonds is 10. The fourth-order valence-electron chi connectivity index (χ4n) is 11.4. The van der Waals surface area contributed by atoms with Crippen LogP contribution in [0.15, 0.2) is 0 Å². The highest BCUT2D eigenvalue weighted by molar-refractivity contribution is 5.77. The van der Waals surface area contributed by atoms with E-state index in [1.807, 2.05) is 0 Å². The van der Waals surface area contributed by atoms with Crippen molar-refractivity contribution >= 4 is 35.8 Å². The fraction of sp³-hybridized carbons (Fsp3) is 0.846. The highest BCUT2D eigenvalue weighted by Gasteiger charge is 2.61. The largest absolute Gasteiger partial charge is 0.467 e. The first-order valence-electron chi connectivity index (χ1n) is 19.1. The lowest BCUT2D eigenvalue weighted by molar-refractivity contribution is -0.294. The van der Waals surface area contributed by atoms with Crippen LogP contribution in [-0.4, -0.2) is 79.7 Å². The normalized spacial score (nSPS) is 40.0. The SMILES string of the molecule is COC(=O)[C@H]1O[C@@H](OC(=O)CC[C@@H](C)[C@H]2CC[C@H]3[C@@H]4CC[C@@H]5C[C@H](OC(C)=O)CC[C@]5(C)[C@H]4CC[C@]23C)[C@H](OC(C)=O)[C@@H](OC(C)=O)[C@@H]1OC(C)=O. The van der Waals surface area contributed by atoms with Crippen LogP contribution in [0, 0.1) is 46.3 Å². The summed E-state index contributed by atoms with van der Waals surface area (Å²) >= 11 is 0. The summed E-state index contributed by atoms with van der Waals surface area (Å²) in [6, 6.07) is 0. The molecule has 0 bridgehead atoms. The Bertz CT molecular complexity index is 1380. The van der Waals surface area contributed by atoms with Gasteiger partial charge in [0.25, 0.3) is 0 Å². The van der Waals surface area contributed by atoms with Crippen LogP contribution in [0.3, 0.4) is 0 Å². The van der Waals surface area contributed by atoms with E-state index in [9.17, 15) is 28.8 Å². The Hall–Kier alpha value is -3.22. The Labute approximate surface area is 306 Å². The van der Waals surface area contributed by atoms with Gasteiger partial charge in [-0.2, -0.15) is 0 Å². The third-order valence-corrected chi connectivity index (χ3v) is 13.6. The van der Waals surface area contributed by atoms with Crippen molar-refractivity contribution in [1.82, 2.24) is 0 Å². The van der Waals surface area contributed by atoms with Crippen molar-refractivity contribution in [3.05, 3.63) is 0 Å². The molecule has 0 aromatic heterocycles. The number of hydrogen-bond donors (Lipinski definition) is 0. The topological polar surface area (TPSA) is 167 Å². The van der Waals surface area contributed by atoms with Crippen molar-refractivity contribution in [3.63, 3.8) is 0 Å². The van der Waals surface area contributed by atoms with E-state index >= 15 is 0 Å². The molecule has 0 amide bonds. The molecule has 292 valence electrons. The minimum absolute atomic E-state index is 0.0452. The number of carbonyl (C=O) groups is 6. The molecule has 1 heterocycles. The molecule has 0 N–H and O–H groups in total. The van der Waals surface area contributed by atoms with Gasteiger partial charge in [0, 0.05) is 34.1 Å². The van der Waals surface area contributed by atoms with Gasteiger partial charge in [-0.15, -0.1) is 0 Å². The second-order valence-corrected chi connectivity index (χ2v) is 16.6. The van der Waals surface area contributed by atoms with E-state index in [0.29, 0.717) is 36.0 Å². The van der Waals surface area contributed by atoms with Gasteiger partial charge in [-0.25, -0.2) is 4.79 Å². The van der Waals surface area contributed by atoms with E-state index < -0.39 is 60.6 Å². The highest BCUT2D eigenvalue weighted by atomic mass is 16.7. The van der Waals surface area contributed by atoms with E-state index in [4.69, 9.17) is 33.2 Å². The highest BCUT2D eigenvalue weighted by Crippen LogP contribution is 2.68. The molecule has 0 aromatic rings. The summed E-state index contributed by atoms with van der Waals surface area (Å²) in [7, 11) is 1.10. The second-order valence-electron chi connectivity index (χ2n) is 16.6. The standard InChI is InChI=1S/C39H58O13/c1-20(28-12-13-29-27-11-10-25-19-26(47-21(2)40)15-17-38(25,6)30(27)16-18-39(28,29)7)9-14-31(44)51-37-35(50-24(5)43)33(49-23(4)42)32(48-22(3)41)34(52-37)36(45)46-8/h20,25-30,32-35,37H,9-19H2,1-8H3/t20-,25-,26-,27+,28-,29+,30+,32+,33+,34+,35-,37-,38+,39-/m1/s1. The van der Waals surface area contributed by atoms with Crippen LogP contribution >= 0.6 is 0 Å². The van der Waals surface area contributed by atoms with E-state index in [1.54, 1.807) is 0 Å². The van der Waals surface area contributed by atoms with Crippen LogP contribution in [-0.2, 0) is 61.9 Å². The van der Waals surface area contributed by atoms with Crippen LogP contribution in [0.2, 0.25) is 0 Å². The predicted octanol–water partition coefficient (Wildman–Crippen LogP) is 5.23. The summed E-state index contributed by atoms with van der Waals surface area (Å²) in [4.78, 5) is 74.0. The lowest BCUT2D eigenvalue weighted by Crippen LogP contribution is -2.64. The number of fused-ring (bicyclic) bond motifs is 5. The molecule has 5 aliphatic rings. The number of carbonyl (C=O) groups excluding carboxylic acids is 6. The lowest BCUT2D eigenvalue weighted by Gasteiger charge is -2.61. The van der Waals surface area contributed by atoms with Gasteiger partial charge in [0.1, 0.15) is 6.10 Å². The zero-order chi connectivity index (χ0) is 38.1. The first kappa shape index (κ1) is 40.0. The van der Waals surface area contributed by atoms with Crippen LogP contribution in [0.1, 0.15) is 119 Å². The number of hydrogen-bond acceptors (Lipinski definition) is 13. The van der Waals surface area contributed by atoms with Gasteiger partial charge in [-0.1, -0.05) is 20.8 Å². The molecule has 0 radical (unpaired) electrons. The maximum Gasteiger partial charge on any atom is 0.339 e. The Morgan fingerprint density at radius 3 is 1.92 bits per heavy atom. The first-order valence-corrected chi connectivity index (χ1v) is 19.1. The minimum Gasteiger partial charge on any atom is -0.467 e. The summed E-state index contributed by atoms with van der Waals surface area (Å²) in [6.07, 6.45) is 2.89. The molecular formula is C39H58O13. The third-order valence-electron chi connectivity index (χ3n) is 13.6. The van der Waals surface area contributed by atoms with Crippen LogP contribution in [0.5, 0.6) is 0 Å². The molecule has 14 atom stereocenters. The summed E-state index contributed by atoms with van der Waals surface area (Å²) in [5.41, 5.74) is 0.450. The van der Waals surface area contributed by atoms with Crippen molar-refractivity contribution < 1.29 is 61.9 Å². The zero-order valence-corrected chi connectivity index (χ0v) is 32.0. The minimum atomic E-state index is -1.64. The van der Waals surface area contributed by atoms with E-state index in [2.05, 4.69) is 20.8 Å². The lowest BCUT2D eigenvalue weighted by atomic mass is 9.44. The molecule has 13 heteroatoms. The Kier molecular flexibility index (Phi) is 12.3. The van der Waals surface area contributed by atoms with Gasteiger partial charge in [0.2, 0.25) is 12.4 Å². The monoisotopic (exact) mass is 734 g/mol. The zero-order valence-electron chi connectivity index (χ0n) is 32.0. The summed E-state index contributed by atoms with van der Waals surface area (Å²) < 4.78 is 38.0. The Morgan fingerprint density at radius 1 is 0.692 bits per heavy atom. The van der Waals surface area contributed by atoms with Crippen molar-refractivity contribution in [2.75, 3.05) is 7.11 Å². The van der Waals surface area contributed by atoms with Crippen LogP contribution in [0.25, 0.3) is 0 Å². The molecule has 52 heavy (non-hydrogen) atoms. The molecule has 4 aliphatic carbocycles. The molecule has 0 spiro atoms.